The zero-order valence-electron chi connectivity index (χ0n) is 14.7. The van der Waals surface area contributed by atoms with Crippen molar-refractivity contribution in [3.8, 4) is 0 Å². The number of carbonyl (C=O) groups is 2. The topological polar surface area (TPSA) is 61.4 Å². The summed E-state index contributed by atoms with van der Waals surface area (Å²) in [6.45, 7) is 3.14. The molecular weight excluding hydrogens is 359 g/mol. The van der Waals surface area contributed by atoms with Crippen LogP contribution in [0.2, 0.25) is 0 Å². The molecule has 0 saturated heterocycles. The Morgan fingerprint density at radius 1 is 1.11 bits per heavy atom. The van der Waals surface area contributed by atoms with Crippen LogP contribution in [0.4, 0.5) is 23.7 Å². The fourth-order valence-electron chi connectivity index (χ4n) is 2.98. The number of hydrogen-bond acceptors (Lipinski definition) is 2. The van der Waals surface area contributed by atoms with E-state index in [1.165, 1.54) is 36.1 Å². The van der Waals surface area contributed by atoms with E-state index in [9.17, 15) is 22.8 Å². The highest BCUT2D eigenvalue weighted by Gasteiger charge is 2.31. The van der Waals surface area contributed by atoms with Gasteiger partial charge >= 0.3 is 6.03 Å². The minimum Gasteiger partial charge on any atom is -0.348 e. The lowest BCUT2D eigenvalue weighted by atomic mass is 10.1. The highest BCUT2D eigenvalue weighted by atomic mass is 19.1. The molecule has 2 N–H and O–H groups in total. The molecule has 0 aliphatic carbocycles. The molecule has 2 aromatic rings. The third-order valence-electron chi connectivity index (χ3n) is 4.55. The average Bonchev–Trinajstić information content (AvgIpc) is 2.60. The molecule has 2 aromatic carbocycles. The first-order valence-corrected chi connectivity index (χ1v) is 8.37. The van der Waals surface area contributed by atoms with Crippen LogP contribution in [0, 0.1) is 17.5 Å². The van der Waals surface area contributed by atoms with Crippen LogP contribution in [0.15, 0.2) is 36.4 Å². The van der Waals surface area contributed by atoms with E-state index in [1.54, 1.807) is 6.92 Å². The number of rotatable bonds is 4. The monoisotopic (exact) mass is 377 g/mol. The number of carbonyl (C=O) groups excluding carboxylic acids is 2. The summed E-state index contributed by atoms with van der Waals surface area (Å²) < 4.78 is 40.3. The number of benzene rings is 2. The molecule has 1 heterocycles. The largest absolute Gasteiger partial charge is 0.348 e. The van der Waals surface area contributed by atoms with E-state index in [0.29, 0.717) is 11.3 Å². The molecule has 0 radical (unpaired) electrons. The van der Waals surface area contributed by atoms with Crippen molar-refractivity contribution in [1.29, 1.82) is 0 Å². The molecule has 8 heteroatoms. The normalized spacial score (nSPS) is 15.6. The van der Waals surface area contributed by atoms with Crippen LogP contribution in [0.5, 0.6) is 0 Å². The van der Waals surface area contributed by atoms with Gasteiger partial charge in [-0.2, -0.15) is 0 Å². The lowest BCUT2D eigenvalue weighted by Crippen LogP contribution is -2.51. The number of nitrogens with one attached hydrogen (secondary N) is 2. The van der Waals surface area contributed by atoms with E-state index >= 15 is 0 Å². The molecule has 0 unspecified atom stereocenters. The smallest absolute Gasteiger partial charge is 0.322 e. The first kappa shape index (κ1) is 18.8. The number of anilines is 1. The van der Waals surface area contributed by atoms with Crippen molar-refractivity contribution in [3.05, 3.63) is 65.0 Å². The lowest BCUT2D eigenvalue weighted by Gasteiger charge is -2.33. The Morgan fingerprint density at radius 2 is 1.78 bits per heavy atom. The maximum Gasteiger partial charge on any atom is 0.322 e. The van der Waals surface area contributed by atoms with E-state index in [1.807, 2.05) is 0 Å². The van der Waals surface area contributed by atoms with Crippen LogP contribution in [0.1, 0.15) is 31.0 Å². The third kappa shape index (κ3) is 3.89. The Bertz CT molecular complexity index is 904. The maximum atomic E-state index is 13.9. The van der Waals surface area contributed by atoms with Gasteiger partial charge in [-0.25, -0.2) is 18.0 Å². The van der Waals surface area contributed by atoms with Crippen molar-refractivity contribution in [3.63, 3.8) is 0 Å². The van der Waals surface area contributed by atoms with Crippen molar-refractivity contribution in [2.45, 2.75) is 32.5 Å². The van der Waals surface area contributed by atoms with E-state index in [4.69, 9.17) is 0 Å². The fraction of sp³-hybridized carbons (Fsp3) is 0.263. The van der Waals surface area contributed by atoms with Crippen LogP contribution < -0.4 is 10.6 Å². The summed E-state index contributed by atoms with van der Waals surface area (Å²) in [7, 11) is 0. The van der Waals surface area contributed by atoms with Gasteiger partial charge in [-0.3, -0.25) is 4.79 Å². The maximum absolute atomic E-state index is 13.9. The van der Waals surface area contributed by atoms with Gasteiger partial charge < -0.3 is 15.5 Å². The van der Waals surface area contributed by atoms with E-state index in [-0.39, 0.29) is 12.1 Å². The molecule has 3 amide bonds. The molecule has 0 saturated carbocycles. The van der Waals surface area contributed by atoms with E-state index in [2.05, 4.69) is 10.6 Å². The van der Waals surface area contributed by atoms with Gasteiger partial charge in [-0.15, -0.1) is 0 Å². The average molecular weight is 377 g/mol. The van der Waals surface area contributed by atoms with Crippen LogP contribution in [0.3, 0.4) is 0 Å². The summed E-state index contributed by atoms with van der Waals surface area (Å²) in [6.07, 6.45) is 0. The van der Waals surface area contributed by atoms with Gasteiger partial charge in [0, 0.05) is 17.3 Å². The summed E-state index contributed by atoms with van der Waals surface area (Å²) in [6, 6.07) is 5.01. The molecule has 0 spiro atoms. The van der Waals surface area contributed by atoms with Gasteiger partial charge in [0.25, 0.3) is 0 Å². The van der Waals surface area contributed by atoms with E-state index < -0.39 is 41.5 Å². The minimum absolute atomic E-state index is 0.0623. The van der Waals surface area contributed by atoms with Crippen molar-refractivity contribution >= 4 is 17.6 Å². The standard InChI is InChI=1S/C19H18F3N3O2/c1-10(15-5-3-14(21)8-16(15)22)23-18(26)11(2)25-9-12-7-13(20)4-6-17(12)24-19(25)27/h3-8,10-11H,9H2,1-2H3,(H,23,26)(H,24,27)/t10-,11-/m1/s1. The van der Waals surface area contributed by atoms with Gasteiger partial charge in [0.2, 0.25) is 5.91 Å². The Labute approximate surface area is 154 Å². The van der Waals surface area contributed by atoms with Crippen molar-refractivity contribution in [2.75, 3.05) is 5.32 Å². The van der Waals surface area contributed by atoms with Crippen molar-refractivity contribution in [1.82, 2.24) is 10.2 Å². The number of halogens is 3. The summed E-state index contributed by atoms with van der Waals surface area (Å²) in [5, 5.41) is 5.22. The number of amides is 3. The first-order valence-electron chi connectivity index (χ1n) is 8.37. The second kappa shape index (κ2) is 7.30. The SMILES string of the molecule is C[C@H](C(=O)N[C@H](C)c1ccc(F)cc1F)N1Cc2cc(F)ccc2NC1=O. The highest BCUT2D eigenvalue weighted by Crippen LogP contribution is 2.26. The molecule has 5 nitrogen and oxygen atoms in total. The number of hydrogen-bond donors (Lipinski definition) is 2. The van der Waals surface area contributed by atoms with Gasteiger partial charge in [0.1, 0.15) is 23.5 Å². The Hall–Kier alpha value is -3.03. The van der Waals surface area contributed by atoms with Crippen LogP contribution in [-0.2, 0) is 11.3 Å². The second-order valence-electron chi connectivity index (χ2n) is 6.43. The summed E-state index contributed by atoms with van der Waals surface area (Å²) in [4.78, 5) is 26.1. The summed E-state index contributed by atoms with van der Waals surface area (Å²) in [5.74, 6) is -2.43. The van der Waals surface area contributed by atoms with Crippen molar-refractivity contribution in [2.24, 2.45) is 0 Å². The van der Waals surface area contributed by atoms with E-state index in [0.717, 1.165) is 12.1 Å². The number of nitrogens with zero attached hydrogens (tertiary/aromatic N) is 1. The van der Waals surface area contributed by atoms with Gasteiger partial charge in [-0.05, 0) is 43.7 Å². The lowest BCUT2D eigenvalue weighted by molar-refractivity contribution is -0.125. The van der Waals surface area contributed by atoms with Gasteiger partial charge in [0.05, 0.1) is 12.6 Å². The summed E-state index contributed by atoms with van der Waals surface area (Å²) >= 11 is 0. The molecule has 27 heavy (non-hydrogen) atoms. The predicted molar refractivity (Wildman–Crippen MR) is 93.3 cm³/mol. The summed E-state index contributed by atoms with van der Waals surface area (Å²) in [5.41, 5.74) is 1.17. The molecule has 3 rings (SSSR count). The minimum atomic E-state index is -0.882. The Kier molecular flexibility index (Phi) is 5.07. The third-order valence-corrected chi connectivity index (χ3v) is 4.55. The van der Waals surface area contributed by atoms with Crippen LogP contribution in [-0.4, -0.2) is 22.9 Å². The van der Waals surface area contributed by atoms with Crippen LogP contribution in [0.25, 0.3) is 0 Å². The van der Waals surface area contributed by atoms with Gasteiger partial charge in [0.15, 0.2) is 0 Å². The molecule has 1 aliphatic rings. The molecular formula is C19H18F3N3O2. The molecule has 0 aromatic heterocycles. The Morgan fingerprint density at radius 3 is 2.48 bits per heavy atom. The van der Waals surface area contributed by atoms with Crippen LogP contribution >= 0.6 is 0 Å². The van der Waals surface area contributed by atoms with Crippen molar-refractivity contribution < 1.29 is 22.8 Å². The highest BCUT2D eigenvalue weighted by molar-refractivity contribution is 5.96. The molecule has 0 bridgehead atoms. The molecule has 1 aliphatic heterocycles. The fourth-order valence-corrected chi connectivity index (χ4v) is 2.98. The van der Waals surface area contributed by atoms with Gasteiger partial charge in [-0.1, -0.05) is 6.07 Å². The zero-order valence-corrected chi connectivity index (χ0v) is 14.7. The predicted octanol–water partition coefficient (Wildman–Crippen LogP) is 3.72. The first-order chi connectivity index (χ1) is 12.8. The molecule has 0 fully saturated rings. The molecule has 142 valence electrons. The number of urea groups is 1. The number of fused-ring (bicyclic) bond motifs is 1. The Balaban J connectivity index is 1.72. The zero-order chi connectivity index (χ0) is 19.7. The molecule has 2 atom stereocenters. The quantitative estimate of drug-likeness (QED) is 0.853. The second-order valence-corrected chi connectivity index (χ2v) is 6.43.